The summed E-state index contributed by atoms with van der Waals surface area (Å²) < 4.78 is 15.5. The van der Waals surface area contributed by atoms with Gasteiger partial charge in [-0.1, -0.05) is 12.1 Å². The maximum atomic E-state index is 12.4. The molecule has 32 heavy (non-hydrogen) atoms. The van der Waals surface area contributed by atoms with Gasteiger partial charge in [-0.15, -0.1) is 0 Å². The molecule has 8 nitrogen and oxygen atoms in total. The van der Waals surface area contributed by atoms with Gasteiger partial charge < -0.3 is 24.5 Å². The molecule has 0 aliphatic heterocycles. The number of methoxy groups -OCH3 is 2. The number of benzene rings is 3. The fourth-order valence-corrected chi connectivity index (χ4v) is 3.17. The summed E-state index contributed by atoms with van der Waals surface area (Å²) in [6.45, 7) is -0.422. The Hall–Kier alpha value is -4.33. The van der Waals surface area contributed by atoms with Gasteiger partial charge in [0, 0.05) is 5.56 Å². The maximum absolute atomic E-state index is 12.4. The van der Waals surface area contributed by atoms with Gasteiger partial charge in [0.15, 0.2) is 6.61 Å². The second-order valence-corrected chi connectivity index (χ2v) is 6.87. The van der Waals surface area contributed by atoms with Crippen LogP contribution in [0.15, 0.2) is 66.7 Å². The summed E-state index contributed by atoms with van der Waals surface area (Å²) in [5.41, 5.74) is 3.10. The van der Waals surface area contributed by atoms with Crippen LogP contribution in [0.4, 0.5) is 5.69 Å². The van der Waals surface area contributed by atoms with Gasteiger partial charge in [0.2, 0.25) is 0 Å². The third-order valence-corrected chi connectivity index (χ3v) is 4.80. The summed E-state index contributed by atoms with van der Waals surface area (Å²) in [7, 11) is 3.12. The number of esters is 1. The molecule has 0 saturated heterocycles. The molecule has 1 heterocycles. The van der Waals surface area contributed by atoms with E-state index in [4.69, 9.17) is 14.2 Å². The van der Waals surface area contributed by atoms with E-state index < -0.39 is 18.5 Å². The van der Waals surface area contributed by atoms with Gasteiger partial charge in [-0.2, -0.15) is 0 Å². The van der Waals surface area contributed by atoms with Gasteiger partial charge in [-0.3, -0.25) is 4.79 Å². The van der Waals surface area contributed by atoms with Gasteiger partial charge in [0.25, 0.3) is 5.91 Å². The van der Waals surface area contributed by atoms with Crippen molar-refractivity contribution in [2.75, 3.05) is 26.1 Å². The number of imidazole rings is 1. The molecule has 162 valence electrons. The second-order valence-electron chi connectivity index (χ2n) is 6.87. The zero-order valence-electron chi connectivity index (χ0n) is 17.5. The lowest BCUT2D eigenvalue weighted by molar-refractivity contribution is -0.119. The van der Waals surface area contributed by atoms with Crippen molar-refractivity contribution >= 4 is 28.6 Å². The summed E-state index contributed by atoms with van der Waals surface area (Å²) in [4.78, 5) is 32.4. The Bertz CT molecular complexity index is 1260. The predicted octanol–water partition coefficient (Wildman–Crippen LogP) is 4.04. The summed E-state index contributed by atoms with van der Waals surface area (Å²) >= 11 is 0. The molecule has 3 aromatic carbocycles. The third kappa shape index (κ3) is 4.54. The van der Waals surface area contributed by atoms with Crippen molar-refractivity contribution in [1.29, 1.82) is 0 Å². The van der Waals surface area contributed by atoms with Crippen molar-refractivity contribution < 1.29 is 23.8 Å². The fourth-order valence-electron chi connectivity index (χ4n) is 3.17. The maximum Gasteiger partial charge on any atom is 0.338 e. The lowest BCUT2D eigenvalue weighted by Gasteiger charge is -2.10. The Morgan fingerprint density at radius 2 is 1.75 bits per heavy atom. The lowest BCUT2D eigenvalue weighted by atomic mass is 10.2. The highest BCUT2D eigenvalue weighted by Gasteiger charge is 2.14. The summed E-state index contributed by atoms with van der Waals surface area (Å²) in [6.07, 6.45) is 0. The normalized spacial score (nSPS) is 10.6. The molecule has 0 saturated carbocycles. The molecule has 4 rings (SSSR count). The Kier molecular flexibility index (Phi) is 6.03. The lowest BCUT2D eigenvalue weighted by Crippen LogP contribution is -2.21. The number of anilines is 1. The molecule has 4 aromatic rings. The molecule has 1 aromatic heterocycles. The molecule has 0 fully saturated rings. The average molecular weight is 431 g/mol. The van der Waals surface area contributed by atoms with Crippen molar-refractivity contribution in [3.05, 3.63) is 72.3 Å². The number of H-pyrrole nitrogens is 1. The number of nitrogens with one attached hydrogen (secondary N) is 2. The van der Waals surface area contributed by atoms with Gasteiger partial charge in [0.05, 0.1) is 36.5 Å². The van der Waals surface area contributed by atoms with Crippen LogP contribution < -0.4 is 14.8 Å². The molecule has 0 aliphatic rings. The number of carbonyl (C=O) groups is 2. The Morgan fingerprint density at radius 3 is 2.50 bits per heavy atom. The highest BCUT2D eigenvalue weighted by atomic mass is 16.5. The Balaban J connectivity index is 1.42. The molecule has 0 radical (unpaired) electrons. The van der Waals surface area contributed by atoms with Crippen LogP contribution in [0.3, 0.4) is 0 Å². The van der Waals surface area contributed by atoms with Crippen molar-refractivity contribution in [2.45, 2.75) is 0 Å². The Labute approximate surface area is 184 Å². The molecule has 2 N–H and O–H groups in total. The molecule has 0 spiro atoms. The molecule has 0 atom stereocenters. The van der Waals surface area contributed by atoms with E-state index in [0.29, 0.717) is 33.9 Å². The van der Waals surface area contributed by atoms with Crippen LogP contribution in [0.5, 0.6) is 11.5 Å². The number of ether oxygens (including phenoxy) is 3. The van der Waals surface area contributed by atoms with Crippen molar-refractivity contribution in [3.63, 3.8) is 0 Å². The number of aromatic amines is 1. The topological polar surface area (TPSA) is 103 Å². The van der Waals surface area contributed by atoms with Gasteiger partial charge in [-0.25, -0.2) is 9.78 Å². The molecule has 1 amide bonds. The van der Waals surface area contributed by atoms with Crippen molar-refractivity contribution in [2.24, 2.45) is 0 Å². The standard InChI is InChI=1S/C24H21N3O5/c1-30-17-10-7-15(8-11-17)23-26-18-12-9-16(13-20(18)27-23)24(29)32-14-22(28)25-19-5-3-4-6-21(19)31-2/h3-13H,14H2,1-2H3,(H,25,28)(H,26,27). The first-order valence-corrected chi connectivity index (χ1v) is 9.81. The van der Waals surface area contributed by atoms with Crippen LogP contribution in [0, 0.1) is 0 Å². The zero-order chi connectivity index (χ0) is 22.5. The van der Waals surface area contributed by atoms with E-state index in [1.54, 1.807) is 49.6 Å². The van der Waals surface area contributed by atoms with E-state index in [0.717, 1.165) is 11.3 Å². The number of fused-ring (bicyclic) bond motifs is 1. The third-order valence-electron chi connectivity index (χ3n) is 4.80. The number of rotatable bonds is 7. The minimum absolute atomic E-state index is 0.313. The van der Waals surface area contributed by atoms with Crippen LogP contribution in [-0.2, 0) is 9.53 Å². The number of carbonyl (C=O) groups excluding carboxylic acids is 2. The highest BCUT2D eigenvalue weighted by molar-refractivity contribution is 5.98. The highest BCUT2D eigenvalue weighted by Crippen LogP contribution is 2.24. The largest absolute Gasteiger partial charge is 0.497 e. The van der Waals surface area contributed by atoms with E-state index >= 15 is 0 Å². The first-order valence-electron chi connectivity index (χ1n) is 9.81. The van der Waals surface area contributed by atoms with Crippen LogP contribution in [0.1, 0.15) is 10.4 Å². The SMILES string of the molecule is COc1ccc(-c2nc3ccc(C(=O)OCC(=O)Nc4ccccc4OC)cc3[nH]2)cc1. The molecule has 0 unspecified atom stereocenters. The monoisotopic (exact) mass is 431 g/mol. The van der Waals surface area contributed by atoms with Crippen LogP contribution in [-0.4, -0.2) is 42.7 Å². The first kappa shape index (κ1) is 20.9. The molecule has 0 bridgehead atoms. The number of amides is 1. The minimum Gasteiger partial charge on any atom is -0.497 e. The first-order chi connectivity index (χ1) is 15.6. The summed E-state index contributed by atoms with van der Waals surface area (Å²) in [5.74, 6) is 0.869. The summed E-state index contributed by atoms with van der Waals surface area (Å²) in [6, 6.07) is 19.5. The van der Waals surface area contributed by atoms with E-state index in [-0.39, 0.29) is 0 Å². The molecule has 8 heteroatoms. The Morgan fingerprint density at radius 1 is 0.969 bits per heavy atom. The van der Waals surface area contributed by atoms with Crippen LogP contribution in [0.25, 0.3) is 22.4 Å². The van der Waals surface area contributed by atoms with Crippen molar-refractivity contribution in [3.8, 4) is 22.9 Å². The number of para-hydroxylation sites is 2. The molecular weight excluding hydrogens is 410 g/mol. The number of aromatic nitrogens is 2. The van der Waals surface area contributed by atoms with E-state index in [1.165, 1.54) is 7.11 Å². The van der Waals surface area contributed by atoms with Crippen LogP contribution >= 0.6 is 0 Å². The smallest absolute Gasteiger partial charge is 0.338 e. The van der Waals surface area contributed by atoms with Gasteiger partial charge >= 0.3 is 5.97 Å². The van der Waals surface area contributed by atoms with E-state index in [9.17, 15) is 9.59 Å². The minimum atomic E-state index is -0.609. The predicted molar refractivity (Wildman–Crippen MR) is 120 cm³/mol. The quantitative estimate of drug-likeness (QED) is 0.428. The van der Waals surface area contributed by atoms with E-state index in [1.807, 2.05) is 24.3 Å². The van der Waals surface area contributed by atoms with Crippen molar-refractivity contribution in [1.82, 2.24) is 9.97 Å². The zero-order valence-corrected chi connectivity index (χ0v) is 17.5. The number of hydrogen-bond donors (Lipinski definition) is 2. The van der Waals surface area contributed by atoms with E-state index in [2.05, 4.69) is 15.3 Å². The number of nitrogens with zero attached hydrogens (tertiary/aromatic N) is 1. The number of hydrogen-bond acceptors (Lipinski definition) is 6. The molecular formula is C24H21N3O5. The van der Waals surface area contributed by atoms with Crippen LogP contribution in [0.2, 0.25) is 0 Å². The van der Waals surface area contributed by atoms with Gasteiger partial charge in [-0.05, 0) is 54.6 Å². The fraction of sp³-hybridized carbons (Fsp3) is 0.125. The summed E-state index contributed by atoms with van der Waals surface area (Å²) in [5, 5.41) is 2.66. The molecule has 0 aliphatic carbocycles. The average Bonchev–Trinajstić information content (AvgIpc) is 3.26. The second kappa shape index (κ2) is 9.22. The van der Waals surface area contributed by atoms with Gasteiger partial charge in [0.1, 0.15) is 17.3 Å².